The quantitative estimate of drug-likeness (QED) is 0.683. The zero-order chi connectivity index (χ0) is 9.97. The lowest BCUT2D eigenvalue weighted by atomic mass is 10.3. The number of aromatic nitrogens is 1. The number of hydrogen-bond acceptors (Lipinski definition) is 4. The van der Waals surface area contributed by atoms with Gasteiger partial charge >= 0.3 is 0 Å². The van der Waals surface area contributed by atoms with Crippen molar-refractivity contribution < 1.29 is 4.42 Å². The van der Waals surface area contributed by atoms with Crippen LogP contribution in [0.1, 0.15) is 0 Å². The second kappa shape index (κ2) is 4.22. The van der Waals surface area contributed by atoms with Gasteiger partial charge in [0, 0.05) is 14.2 Å². The third-order valence-corrected chi connectivity index (χ3v) is 3.77. The van der Waals surface area contributed by atoms with Crippen molar-refractivity contribution in [3.8, 4) is 0 Å². The van der Waals surface area contributed by atoms with Crippen LogP contribution in [-0.2, 0) is 0 Å². The maximum absolute atomic E-state index is 5.65. The van der Waals surface area contributed by atoms with Crippen molar-refractivity contribution in [1.29, 1.82) is 0 Å². The molecule has 0 amide bonds. The number of anilines is 1. The zero-order valence-electron chi connectivity index (χ0n) is 7.11. The molecule has 2 N–H and O–H groups in total. The molecule has 1 heterocycles. The van der Waals surface area contributed by atoms with Crippen LogP contribution in [-0.4, -0.2) is 4.98 Å². The molecule has 0 saturated heterocycles. The summed E-state index contributed by atoms with van der Waals surface area (Å²) in [5.74, 6) is 0. The Bertz CT molecular complexity index is 430. The van der Waals surface area contributed by atoms with Crippen LogP contribution >= 0.6 is 34.4 Å². The lowest BCUT2D eigenvalue weighted by molar-refractivity contribution is 0.454. The highest BCUT2D eigenvalue weighted by Gasteiger charge is 2.05. The summed E-state index contributed by atoms with van der Waals surface area (Å²) in [4.78, 5) is 5.14. The summed E-state index contributed by atoms with van der Waals surface area (Å²) in [6, 6.07) is 5.76. The predicted molar refractivity (Wildman–Crippen MR) is 64.2 cm³/mol. The van der Waals surface area contributed by atoms with Crippen LogP contribution in [0, 0.1) is 3.57 Å². The Kier molecular flexibility index (Phi) is 2.97. The lowest BCUT2D eigenvalue weighted by Gasteiger charge is -2.01. The molecule has 2 aromatic rings. The molecule has 2 rings (SSSR count). The first-order valence-electron chi connectivity index (χ1n) is 3.88. The normalized spacial score (nSPS) is 10.4. The number of rotatable bonds is 2. The van der Waals surface area contributed by atoms with Gasteiger partial charge in [-0.2, -0.15) is 0 Å². The molecule has 0 fully saturated rings. The van der Waals surface area contributed by atoms with Crippen LogP contribution in [0.2, 0.25) is 0 Å². The van der Waals surface area contributed by atoms with Gasteiger partial charge < -0.3 is 10.2 Å². The molecule has 3 nitrogen and oxygen atoms in total. The van der Waals surface area contributed by atoms with E-state index in [1.807, 2.05) is 18.2 Å². The van der Waals surface area contributed by atoms with Gasteiger partial charge in [0.1, 0.15) is 6.26 Å². The number of hydrogen-bond donors (Lipinski definition) is 1. The van der Waals surface area contributed by atoms with E-state index in [2.05, 4.69) is 27.6 Å². The Morgan fingerprint density at radius 3 is 2.93 bits per heavy atom. The summed E-state index contributed by atoms with van der Waals surface area (Å²) < 4.78 is 6.24. The summed E-state index contributed by atoms with van der Waals surface area (Å²) in [6.45, 7) is 0. The Balaban J connectivity index is 2.25. The van der Waals surface area contributed by atoms with Crippen LogP contribution in [0.5, 0.6) is 0 Å². The molecule has 0 atom stereocenters. The van der Waals surface area contributed by atoms with E-state index < -0.39 is 0 Å². The fraction of sp³-hybridized carbons (Fsp3) is 0. The fourth-order valence-electron chi connectivity index (χ4n) is 0.955. The summed E-state index contributed by atoms with van der Waals surface area (Å²) in [5, 5.41) is 0.646. The number of nitrogens with zero attached hydrogens (tertiary/aromatic N) is 1. The summed E-state index contributed by atoms with van der Waals surface area (Å²) in [7, 11) is 0. The number of oxazole rings is 1. The maximum Gasteiger partial charge on any atom is 0.260 e. The third-order valence-electron chi connectivity index (χ3n) is 1.56. The van der Waals surface area contributed by atoms with Crippen molar-refractivity contribution in [3.05, 3.63) is 34.2 Å². The zero-order valence-corrected chi connectivity index (χ0v) is 10.1. The summed E-state index contributed by atoms with van der Waals surface area (Å²) in [5.41, 5.74) is 6.42. The number of nitrogen functional groups attached to an aromatic ring is 1. The first kappa shape index (κ1) is 9.85. The average molecular weight is 318 g/mol. The molecule has 1 aromatic heterocycles. The van der Waals surface area contributed by atoms with Gasteiger partial charge in [0.05, 0.1) is 6.20 Å². The fourth-order valence-corrected chi connectivity index (χ4v) is 2.52. The molecule has 72 valence electrons. The van der Waals surface area contributed by atoms with Crippen molar-refractivity contribution in [2.45, 2.75) is 10.1 Å². The van der Waals surface area contributed by atoms with E-state index in [-0.39, 0.29) is 0 Å². The molecule has 0 aliphatic carbocycles. The van der Waals surface area contributed by atoms with E-state index in [0.717, 1.165) is 14.2 Å². The highest BCUT2D eigenvalue weighted by molar-refractivity contribution is 14.1. The van der Waals surface area contributed by atoms with Gasteiger partial charge in [0.2, 0.25) is 0 Å². The monoisotopic (exact) mass is 318 g/mol. The van der Waals surface area contributed by atoms with E-state index in [1.54, 1.807) is 12.5 Å². The topological polar surface area (TPSA) is 52.0 Å². The molecule has 0 bridgehead atoms. The molecule has 14 heavy (non-hydrogen) atoms. The van der Waals surface area contributed by atoms with Crippen molar-refractivity contribution in [2.24, 2.45) is 0 Å². The van der Waals surface area contributed by atoms with Crippen LogP contribution in [0.3, 0.4) is 0 Å². The Morgan fingerprint density at radius 2 is 2.29 bits per heavy atom. The predicted octanol–water partition coefficient (Wildman–Crippen LogP) is 3.01. The largest absolute Gasteiger partial charge is 0.440 e. The summed E-state index contributed by atoms with van der Waals surface area (Å²) >= 11 is 3.73. The van der Waals surface area contributed by atoms with Gasteiger partial charge in [-0.05, 0) is 52.6 Å². The van der Waals surface area contributed by atoms with E-state index in [1.165, 1.54) is 11.8 Å². The Labute approximate surface area is 99.2 Å². The van der Waals surface area contributed by atoms with E-state index in [0.29, 0.717) is 5.22 Å². The van der Waals surface area contributed by atoms with Gasteiger partial charge in [0.15, 0.2) is 0 Å². The van der Waals surface area contributed by atoms with Gasteiger partial charge in [-0.15, -0.1) is 0 Å². The Morgan fingerprint density at radius 1 is 1.43 bits per heavy atom. The minimum absolute atomic E-state index is 0.646. The lowest BCUT2D eigenvalue weighted by Crippen LogP contribution is -1.86. The summed E-state index contributed by atoms with van der Waals surface area (Å²) in [6.07, 6.45) is 3.19. The van der Waals surface area contributed by atoms with E-state index >= 15 is 0 Å². The maximum atomic E-state index is 5.65. The molecular weight excluding hydrogens is 311 g/mol. The molecule has 0 aliphatic heterocycles. The van der Waals surface area contributed by atoms with Crippen molar-refractivity contribution in [1.82, 2.24) is 4.98 Å². The van der Waals surface area contributed by atoms with Crippen LogP contribution in [0.25, 0.3) is 0 Å². The van der Waals surface area contributed by atoms with Gasteiger partial charge in [-0.3, -0.25) is 0 Å². The SMILES string of the molecule is Nc1ccc(Sc2ncco2)c(I)c1. The van der Waals surface area contributed by atoms with Crippen molar-refractivity contribution >= 4 is 40.0 Å². The van der Waals surface area contributed by atoms with Crippen LogP contribution in [0.15, 0.2) is 45.2 Å². The minimum Gasteiger partial charge on any atom is -0.440 e. The highest BCUT2D eigenvalue weighted by atomic mass is 127. The molecule has 1 aromatic carbocycles. The number of benzene rings is 1. The smallest absolute Gasteiger partial charge is 0.260 e. The second-order valence-electron chi connectivity index (χ2n) is 2.59. The van der Waals surface area contributed by atoms with Gasteiger partial charge in [-0.25, -0.2) is 4.98 Å². The molecule has 5 heteroatoms. The number of halogens is 1. The molecule has 0 unspecified atom stereocenters. The number of nitrogens with two attached hydrogens (primary N) is 1. The van der Waals surface area contributed by atoms with Gasteiger partial charge in [0.25, 0.3) is 5.22 Å². The van der Waals surface area contributed by atoms with E-state index in [9.17, 15) is 0 Å². The molecule has 0 radical (unpaired) electrons. The molecular formula is C9H7IN2OS. The Hall–Kier alpha value is -0.690. The van der Waals surface area contributed by atoms with Crippen LogP contribution < -0.4 is 5.73 Å². The van der Waals surface area contributed by atoms with Crippen molar-refractivity contribution in [2.75, 3.05) is 5.73 Å². The first-order chi connectivity index (χ1) is 6.75. The van der Waals surface area contributed by atoms with Crippen LogP contribution in [0.4, 0.5) is 5.69 Å². The van der Waals surface area contributed by atoms with Crippen molar-refractivity contribution in [3.63, 3.8) is 0 Å². The third kappa shape index (κ3) is 2.21. The second-order valence-corrected chi connectivity index (χ2v) is 4.75. The highest BCUT2D eigenvalue weighted by Crippen LogP contribution is 2.31. The van der Waals surface area contributed by atoms with E-state index in [4.69, 9.17) is 10.2 Å². The molecule has 0 aliphatic rings. The van der Waals surface area contributed by atoms with Gasteiger partial charge in [-0.1, -0.05) is 0 Å². The minimum atomic E-state index is 0.646. The first-order valence-corrected chi connectivity index (χ1v) is 5.77. The molecule has 0 saturated carbocycles. The average Bonchev–Trinajstić information content (AvgIpc) is 2.62. The molecule has 0 spiro atoms. The standard InChI is InChI=1S/C9H7IN2OS/c10-7-5-6(11)1-2-8(7)14-9-12-3-4-13-9/h1-5H,11H2.